The summed E-state index contributed by atoms with van der Waals surface area (Å²) in [5.74, 6) is -0.0139. The molecule has 2 fully saturated rings. The van der Waals surface area contributed by atoms with Crippen molar-refractivity contribution in [1.82, 2.24) is 15.1 Å². The lowest BCUT2D eigenvalue weighted by atomic mass is 9.91. The molecule has 7 nitrogen and oxygen atoms in total. The van der Waals surface area contributed by atoms with Gasteiger partial charge in [-0.2, -0.15) is 0 Å². The summed E-state index contributed by atoms with van der Waals surface area (Å²) in [7, 11) is 0. The van der Waals surface area contributed by atoms with Crippen LogP contribution < -0.4 is 10.1 Å². The lowest BCUT2D eigenvalue weighted by Crippen LogP contribution is -2.52. The van der Waals surface area contributed by atoms with Crippen molar-refractivity contribution >= 4 is 17.7 Å². The first-order valence-corrected chi connectivity index (χ1v) is 11.2. The molecule has 0 aromatic heterocycles. The Labute approximate surface area is 177 Å². The fourth-order valence-electron chi connectivity index (χ4n) is 5.12. The van der Waals surface area contributed by atoms with Gasteiger partial charge in [-0.3, -0.25) is 24.6 Å². The van der Waals surface area contributed by atoms with E-state index in [9.17, 15) is 14.4 Å². The quantitative estimate of drug-likeness (QED) is 0.725. The molecule has 1 aliphatic carbocycles. The molecule has 1 saturated carbocycles. The van der Waals surface area contributed by atoms with Crippen LogP contribution in [0.2, 0.25) is 0 Å². The molecule has 2 heterocycles. The van der Waals surface area contributed by atoms with E-state index in [0.29, 0.717) is 24.6 Å². The lowest BCUT2D eigenvalue weighted by Gasteiger charge is -2.39. The molecule has 3 atom stereocenters. The summed E-state index contributed by atoms with van der Waals surface area (Å²) < 4.78 is 6.43. The minimum atomic E-state index is -0.586. The van der Waals surface area contributed by atoms with Gasteiger partial charge in [-0.25, -0.2) is 0 Å². The van der Waals surface area contributed by atoms with Crippen LogP contribution in [0.3, 0.4) is 0 Å². The van der Waals surface area contributed by atoms with Crippen LogP contribution in [-0.2, 0) is 16.1 Å². The summed E-state index contributed by atoms with van der Waals surface area (Å²) in [6.45, 7) is 6.79. The van der Waals surface area contributed by atoms with Gasteiger partial charge in [0, 0.05) is 24.6 Å². The molecule has 0 radical (unpaired) electrons. The molecule has 1 unspecified atom stereocenters. The number of ether oxygens (including phenoxy) is 1. The maximum Gasteiger partial charge on any atom is 0.255 e. The molecule has 2 aliphatic heterocycles. The standard InChI is InChI=1S/C23H31N3O4/c1-3-25(4-2)18-7-5-6-8-20(18)30-16-9-10-17-15(13-16)14-26(23(17)29)19-11-12-21(27)24-22(19)28/h9-10,13,18-20H,3-8,11-12,14H2,1-2H3,(H,24,27,28)/t18-,19?,20-/m1/s1. The lowest BCUT2D eigenvalue weighted by molar-refractivity contribution is -0.136. The maximum atomic E-state index is 12.9. The third-order valence-electron chi connectivity index (χ3n) is 6.73. The number of hydrogen-bond donors (Lipinski definition) is 1. The van der Waals surface area contributed by atoms with Gasteiger partial charge in [-0.05, 0) is 62.5 Å². The van der Waals surface area contributed by atoms with Crippen LogP contribution in [0, 0.1) is 0 Å². The predicted molar refractivity (Wildman–Crippen MR) is 112 cm³/mol. The Kier molecular flexibility index (Phi) is 6.09. The number of carbonyl (C=O) groups is 3. The zero-order valence-corrected chi connectivity index (χ0v) is 17.9. The number of piperidine rings is 1. The van der Waals surface area contributed by atoms with Crippen molar-refractivity contribution in [2.24, 2.45) is 0 Å². The summed E-state index contributed by atoms with van der Waals surface area (Å²) in [6, 6.07) is 5.47. The highest BCUT2D eigenvalue weighted by molar-refractivity contribution is 6.05. The molecule has 1 N–H and O–H groups in total. The van der Waals surface area contributed by atoms with Crippen LogP contribution in [0.15, 0.2) is 18.2 Å². The second-order valence-corrected chi connectivity index (χ2v) is 8.45. The number of likely N-dealkylation sites (N-methyl/N-ethyl adjacent to an activating group) is 1. The molecule has 30 heavy (non-hydrogen) atoms. The van der Waals surface area contributed by atoms with Crippen molar-refractivity contribution < 1.29 is 19.1 Å². The average molecular weight is 414 g/mol. The largest absolute Gasteiger partial charge is 0.489 e. The van der Waals surface area contributed by atoms with Gasteiger partial charge in [-0.1, -0.05) is 20.3 Å². The smallest absolute Gasteiger partial charge is 0.255 e. The third kappa shape index (κ3) is 3.95. The number of nitrogens with zero attached hydrogens (tertiary/aromatic N) is 2. The van der Waals surface area contributed by atoms with E-state index in [4.69, 9.17) is 4.74 Å². The van der Waals surface area contributed by atoms with E-state index in [-0.39, 0.29) is 30.2 Å². The summed E-state index contributed by atoms with van der Waals surface area (Å²) in [5.41, 5.74) is 1.51. The number of nitrogens with one attached hydrogen (secondary N) is 1. The Hall–Kier alpha value is -2.41. The first-order valence-electron chi connectivity index (χ1n) is 11.2. The third-order valence-corrected chi connectivity index (χ3v) is 6.73. The summed E-state index contributed by atoms with van der Waals surface area (Å²) in [4.78, 5) is 40.6. The molecule has 1 aromatic carbocycles. The van der Waals surface area contributed by atoms with E-state index in [1.165, 1.54) is 12.8 Å². The molecular weight excluding hydrogens is 382 g/mol. The van der Waals surface area contributed by atoms with Crippen LogP contribution in [0.4, 0.5) is 0 Å². The van der Waals surface area contributed by atoms with E-state index >= 15 is 0 Å². The summed E-state index contributed by atoms with van der Waals surface area (Å²) in [6.07, 6.45) is 5.40. The minimum Gasteiger partial charge on any atom is -0.489 e. The first kappa shape index (κ1) is 20.8. The van der Waals surface area contributed by atoms with E-state index in [1.54, 1.807) is 4.90 Å². The molecule has 162 valence electrons. The number of carbonyl (C=O) groups excluding carboxylic acids is 3. The zero-order valence-electron chi connectivity index (χ0n) is 17.9. The monoisotopic (exact) mass is 413 g/mol. The fraction of sp³-hybridized carbons (Fsp3) is 0.609. The Balaban J connectivity index is 1.48. The van der Waals surface area contributed by atoms with Crippen molar-refractivity contribution in [2.75, 3.05) is 13.1 Å². The van der Waals surface area contributed by atoms with Gasteiger partial charge in [0.05, 0.1) is 0 Å². The minimum absolute atomic E-state index is 0.148. The van der Waals surface area contributed by atoms with Gasteiger partial charge >= 0.3 is 0 Å². The van der Waals surface area contributed by atoms with Gasteiger partial charge in [0.2, 0.25) is 11.8 Å². The Bertz CT molecular complexity index is 836. The first-order chi connectivity index (χ1) is 14.5. The normalized spacial score (nSPS) is 26.7. The Morgan fingerprint density at radius 2 is 1.87 bits per heavy atom. The molecule has 0 bridgehead atoms. The van der Waals surface area contributed by atoms with Crippen molar-refractivity contribution in [3.05, 3.63) is 29.3 Å². The Morgan fingerprint density at radius 1 is 1.10 bits per heavy atom. The summed E-state index contributed by atoms with van der Waals surface area (Å²) in [5, 5.41) is 2.34. The van der Waals surface area contributed by atoms with Crippen LogP contribution in [0.5, 0.6) is 5.75 Å². The van der Waals surface area contributed by atoms with Crippen molar-refractivity contribution in [3.8, 4) is 5.75 Å². The second kappa shape index (κ2) is 8.76. The number of imide groups is 1. The zero-order chi connectivity index (χ0) is 21.3. The van der Waals surface area contributed by atoms with E-state index in [0.717, 1.165) is 37.2 Å². The maximum absolute atomic E-state index is 12.9. The molecule has 1 saturated heterocycles. The average Bonchev–Trinajstić information content (AvgIpc) is 3.06. The van der Waals surface area contributed by atoms with E-state index in [1.807, 2.05) is 18.2 Å². The molecule has 0 spiro atoms. The number of rotatable bonds is 6. The van der Waals surface area contributed by atoms with Gasteiger partial charge in [-0.15, -0.1) is 0 Å². The van der Waals surface area contributed by atoms with Crippen LogP contribution in [0.1, 0.15) is 68.3 Å². The van der Waals surface area contributed by atoms with E-state index in [2.05, 4.69) is 24.1 Å². The molecule has 3 amide bonds. The van der Waals surface area contributed by atoms with Gasteiger partial charge < -0.3 is 9.64 Å². The van der Waals surface area contributed by atoms with Crippen molar-refractivity contribution in [3.63, 3.8) is 0 Å². The SMILES string of the molecule is CCN(CC)[C@@H]1CCCC[C@H]1Oc1ccc2c(c1)CN(C1CCC(=O)NC1=O)C2=O. The van der Waals surface area contributed by atoms with E-state index < -0.39 is 6.04 Å². The summed E-state index contributed by atoms with van der Waals surface area (Å²) >= 11 is 0. The Morgan fingerprint density at radius 3 is 2.60 bits per heavy atom. The number of benzene rings is 1. The van der Waals surface area contributed by atoms with Gasteiger partial charge in [0.15, 0.2) is 0 Å². The van der Waals surface area contributed by atoms with Crippen LogP contribution in [-0.4, -0.2) is 58.8 Å². The molecule has 3 aliphatic rings. The van der Waals surface area contributed by atoms with Gasteiger partial charge in [0.25, 0.3) is 5.91 Å². The number of fused-ring (bicyclic) bond motifs is 1. The molecule has 1 aromatic rings. The molecule has 7 heteroatoms. The number of amides is 3. The van der Waals surface area contributed by atoms with Crippen LogP contribution >= 0.6 is 0 Å². The van der Waals surface area contributed by atoms with Crippen molar-refractivity contribution in [1.29, 1.82) is 0 Å². The van der Waals surface area contributed by atoms with Crippen molar-refractivity contribution in [2.45, 2.75) is 77.1 Å². The number of hydrogen-bond acceptors (Lipinski definition) is 5. The van der Waals surface area contributed by atoms with Gasteiger partial charge in [0.1, 0.15) is 17.9 Å². The second-order valence-electron chi connectivity index (χ2n) is 8.45. The highest BCUT2D eigenvalue weighted by atomic mass is 16.5. The van der Waals surface area contributed by atoms with Crippen LogP contribution in [0.25, 0.3) is 0 Å². The fourth-order valence-corrected chi connectivity index (χ4v) is 5.12. The predicted octanol–water partition coefficient (Wildman–Crippen LogP) is 2.48. The molecular formula is C23H31N3O4. The molecule has 4 rings (SSSR count). The topological polar surface area (TPSA) is 79.0 Å². The highest BCUT2D eigenvalue weighted by Gasteiger charge is 2.39. The highest BCUT2D eigenvalue weighted by Crippen LogP contribution is 2.32.